The average Bonchev–Trinajstić information content (AvgIpc) is 2.60. The van der Waals surface area contributed by atoms with E-state index in [0.29, 0.717) is 11.4 Å². The Labute approximate surface area is 140 Å². The zero-order valence-corrected chi connectivity index (χ0v) is 14.2. The van der Waals surface area contributed by atoms with Crippen molar-refractivity contribution in [1.82, 2.24) is 0 Å². The van der Waals surface area contributed by atoms with Crippen LogP contribution in [0.5, 0.6) is 5.75 Å². The summed E-state index contributed by atoms with van der Waals surface area (Å²) in [6.45, 7) is 3.98. The molecule has 0 radical (unpaired) electrons. The molecule has 1 heterocycles. The molecule has 7 nitrogen and oxygen atoms in total. The fourth-order valence-corrected chi connectivity index (χ4v) is 2.32. The third-order valence-corrected chi connectivity index (χ3v) is 3.35. The van der Waals surface area contributed by atoms with Gasteiger partial charge in [-0.05, 0) is 38.1 Å². The van der Waals surface area contributed by atoms with Gasteiger partial charge < -0.3 is 23.8 Å². The minimum Gasteiger partial charge on any atom is -0.491 e. The van der Waals surface area contributed by atoms with Gasteiger partial charge in [-0.25, -0.2) is 9.59 Å². The van der Waals surface area contributed by atoms with Crippen molar-refractivity contribution in [3.8, 4) is 5.75 Å². The Hall–Kier alpha value is -2.54. The molecule has 0 atom stereocenters. The first-order valence-corrected chi connectivity index (χ1v) is 7.49. The van der Waals surface area contributed by atoms with Gasteiger partial charge in [-0.1, -0.05) is 0 Å². The number of carbonyl (C=O) groups excluding carboxylic acids is 2. The maximum Gasteiger partial charge on any atom is 0.355 e. The molecule has 0 bridgehead atoms. The van der Waals surface area contributed by atoms with Gasteiger partial charge in [0.2, 0.25) is 0 Å². The molecule has 1 aliphatic heterocycles. The quantitative estimate of drug-likeness (QED) is 0.760. The van der Waals surface area contributed by atoms with E-state index in [-0.39, 0.29) is 30.7 Å². The van der Waals surface area contributed by atoms with Crippen molar-refractivity contribution in [2.45, 2.75) is 20.0 Å². The number of anilines is 1. The number of hydrogen-bond acceptors (Lipinski definition) is 7. The van der Waals surface area contributed by atoms with Gasteiger partial charge in [0, 0.05) is 5.69 Å². The van der Waals surface area contributed by atoms with Crippen LogP contribution in [0.15, 0.2) is 35.5 Å². The normalized spacial score (nSPS) is 14.6. The van der Waals surface area contributed by atoms with Gasteiger partial charge in [0.05, 0.1) is 32.5 Å². The highest BCUT2D eigenvalue weighted by Crippen LogP contribution is 2.28. The van der Waals surface area contributed by atoms with E-state index >= 15 is 0 Å². The van der Waals surface area contributed by atoms with Crippen LogP contribution in [0.4, 0.5) is 5.69 Å². The fourth-order valence-electron chi connectivity index (χ4n) is 2.32. The SMILES string of the molecule is COC(=O)C1=C(C(=O)OC)N(c2ccc(OC(C)C)cc2)COC1. The number of rotatable bonds is 5. The highest BCUT2D eigenvalue weighted by molar-refractivity contribution is 6.03. The Balaban J connectivity index is 2.39. The van der Waals surface area contributed by atoms with Crippen molar-refractivity contribution in [3.63, 3.8) is 0 Å². The van der Waals surface area contributed by atoms with Gasteiger partial charge in [-0.3, -0.25) is 0 Å². The van der Waals surface area contributed by atoms with E-state index in [4.69, 9.17) is 18.9 Å². The van der Waals surface area contributed by atoms with E-state index in [1.54, 1.807) is 29.2 Å². The molecule has 0 amide bonds. The first-order valence-electron chi connectivity index (χ1n) is 7.49. The van der Waals surface area contributed by atoms with Crippen LogP contribution in [0.3, 0.4) is 0 Å². The van der Waals surface area contributed by atoms with Crippen LogP contribution in [-0.2, 0) is 23.8 Å². The van der Waals surface area contributed by atoms with E-state index in [1.165, 1.54) is 14.2 Å². The topological polar surface area (TPSA) is 74.3 Å². The minimum atomic E-state index is -0.625. The number of hydrogen-bond donors (Lipinski definition) is 0. The van der Waals surface area contributed by atoms with Crippen LogP contribution in [0, 0.1) is 0 Å². The van der Waals surface area contributed by atoms with Gasteiger partial charge >= 0.3 is 11.9 Å². The van der Waals surface area contributed by atoms with Gasteiger partial charge in [0.15, 0.2) is 0 Å². The molecular weight excluding hydrogens is 314 g/mol. The van der Waals surface area contributed by atoms with Crippen molar-refractivity contribution in [1.29, 1.82) is 0 Å². The Kier molecular flexibility index (Phi) is 5.81. The number of benzene rings is 1. The summed E-state index contributed by atoms with van der Waals surface area (Å²) in [7, 11) is 2.51. The summed E-state index contributed by atoms with van der Waals surface area (Å²) in [4.78, 5) is 25.7. The van der Waals surface area contributed by atoms with Crippen LogP contribution in [-0.4, -0.2) is 45.6 Å². The maximum atomic E-state index is 12.2. The molecule has 0 N–H and O–H groups in total. The lowest BCUT2D eigenvalue weighted by Crippen LogP contribution is -2.38. The molecule has 130 valence electrons. The molecule has 1 aromatic carbocycles. The second-order valence-corrected chi connectivity index (χ2v) is 5.38. The van der Waals surface area contributed by atoms with E-state index in [1.807, 2.05) is 13.8 Å². The molecule has 0 spiro atoms. The Morgan fingerprint density at radius 1 is 1.08 bits per heavy atom. The van der Waals surface area contributed by atoms with Gasteiger partial charge in [0.25, 0.3) is 0 Å². The van der Waals surface area contributed by atoms with E-state index in [2.05, 4.69) is 0 Å². The van der Waals surface area contributed by atoms with Crippen LogP contribution >= 0.6 is 0 Å². The number of ether oxygens (including phenoxy) is 4. The summed E-state index contributed by atoms with van der Waals surface area (Å²) < 4.78 is 20.6. The van der Waals surface area contributed by atoms with Crippen LogP contribution < -0.4 is 9.64 Å². The molecule has 2 rings (SSSR count). The lowest BCUT2D eigenvalue weighted by atomic mass is 10.1. The van der Waals surface area contributed by atoms with Crippen molar-refractivity contribution in [3.05, 3.63) is 35.5 Å². The molecule has 0 aromatic heterocycles. The Morgan fingerprint density at radius 2 is 1.71 bits per heavy atom. The van der Waals surface area contributed by atoms with Crippen molar-refractivity contribution in [2.75, 3.05) is 32.5 Å². The van der Waals surface area contributed by atoms with Gasteiger partial charge in [-0.2, -0.15) is 0 Å². The number of nitrogens with zero attached hydrogens (tertiary/aromatic N) is 1. The molecule has 0 saturated heterocycles. The first kappa shape index (κ1) is 17.8. The predicted molar refractivity (Wildman–Crippen MR) is 86.6 cm³/mol. The second-order valence-electron chi connectivity index (χ2n) is 5.38. The molecule has 0 aliphatic carbocycles. The fraction of sp³-hybridized carbons (Fsp3) is 0.412. The standard InChI is InChI=1S/C17H21NO6/c1-11(2)24-13-7-5-12(6-8-13)18-10-23-9-14(16(19)21-3)15(18)17(20)22-4/h5-8,11H,9-10H2,1-4H3. The lowest BCUT2D eigenvalue weighted by molar-refractivity contribution is -0.140. The first-order chi connectivity index (χ1) is 11.5. The predicted octanol–water partition coefficient (Wildman–Crippen LogP) is 1.87. The monoisotopic (exact) mass is 335 g/mol. The summed E-state index contributed by atoms with van der Waals surface area (Å²) in [6.07, 6.45) is 0.0608. The average molecular weight is 335 g/mol. The molecule has 0 fully saturated rings. The van der Waals surface area contributed by atoms with E-state index in [9.17, 15) is 9.59 Å². The molecule has 7 heteroatoms. The molecule has 24 heavy (non-hydrogen) atoms. The van der Waals surface area contributed by atoms with Crippen molar-refractivity contribution < 1.29 is 28.5 Å². The summed E-state index contributed by atoms with van der Waals surface area (Å²) in [5.74, 6) is -0.537. The minimum absolute atomic E-state index is 0.0118. The zero-order chi connectivity index (χ0) is 17.7. The maximum absolute atomic E-state index is 12.2. The van der Waals surface area contributed by atoms with Gasteiger partial charge in [-0.15, -0.1) is 0 Å². The molecule has 1 aromatic rings. The molecule has 0 saturated carbocycles. The summed E-state index contributed by atoms with van der Waals surface area (Å²) in [6, 6.07) is 7.14. The van der Waals surface area contributed by atoms with E-state index < -0.39 is 11.9 Å². The van der Waals surface area contributed by atoms with Crippen molar-refractivity contribution in [2.24, 2.45) is 0 Å². The summed E-state index contributed by atoms with van der Waals surface area (Å²) in [5.41, 5.74) is 0.916. The Bertz CT molecular complexity index is 635. The van der Waals surface area contributed by atoms with E-state index in [0.717, 1.165) is 0 Å². The molecule has 1 aliphatic rings. The summed E-state index contributed by atoms with van der Waals surface area (Å²) >= 11 is 0. The highest BCUT2D eigenvalue weighted by atomic mass is 16.5. The highest BCUT2D eigenvalue weighted by Gasteiger charge is 2.32. The van der Waals surface area contributed by atoms with Crippen LogP contribution in [0.1, 0.15) is 13.8 Å². The number of esters is 2. The molecular formula is C17H21NO6. The lowest BCUT2D eigenvalue weighted by Gasteiger charge is -2.31. The number of methoxy groups -OCH3 is 2. The smallest absolute Gasteiger partial charge is 0.355 e. The van der Waals surface area contributed by atoms with Crippen LogP contribution in [0.2, 0.25) is 0 Å². The summed E-state index contributed by atoms with van der Waals surface area (Å²) in [5, 5.41) is 0. The zero-order valence-electron chi connectivity index (χ0n) is 14.2. The number of carbonyl (C=O) groups is 2. The van der Waals surface area contributed by atoms with Crippen molar-refractivity contribution >= 4 is 17.6 Å². The largest absolute Gasteiger partial charge is 0.491 e. The van der Waals surface area contributed by atoms with Gasteiger partial charge in [0.1, 0.15) is 18.2 Å². The Morgan fingerprint density at radius 3 is 2.25 bits per heavy atom. The third-order valence-electron chi connectivity index (χ3n) is 3.35. The second kappa shape index (κ2) is 7.83. The molecule has 0 unspecified atom stereocenters. The van der Waals surface area contributed by atoms with Crippen LogP contribution in [0.25, 0.3) is 0 Å². The third kappa shape index (κ3) is 3.86.